The molecule has 0 saturated heterocycles. The number of halogens is 1. The normalized spacial score (nSPS) is 12.2. The van der Waals surface area contributed by atoms with Crippen LogP contribution in [0.25, 0.3) is 0 Å². The maximum absolute atomic E-state index is 12.8. The number of benzene rings is 1. The molecular formula is C11H14FNO3. The Kier molecular flexibility index (Phi) is 4.25. The molecule has 16 heavy (non-hydrogen) atoms. The van der Waals surface area contributed by atoms with Gasteiger partial charge in [0.1, 0.15) is 11.9 Å². The quantitative estimate of drug-likeness (QED) is 0.627. The van der Waals surface area contributed by atoms with Crippen LogP contribution >= 0.6 is 0 Å². The SMILES string of the molecule is COCC(C)OC(=O)c1ccc(F)c(N)c1. The lowest BCUT2D eigenvalue weighted by atomic mass is 10.2. The molecule has 1 atom stereocenters. The van der Waals surface area contributed by atoms with Crippen LogP contribution < -0.4 is 5.73 Å². The average Bonchev–Trinajstić information content (AvgIpc) is 2.22. The van der Waals surface area contributed by atoms with E-state index in [0.717, 1.165) is 6.07 Å². The minimum absolute atomic E-state index is 0.0751. The van der Waals surface area contributed by atoms with E-state index in [2.05, 4.69) is 0 Å². The molecule has 4 nitrogen and oxygen atoms in total. The first kappa shape index (κ1) is 12.4. The summed E-state index contributed by atoms with van der Waals surface area (Å²) in [6.07, 6.45) is -0.358. The Balaban J connectivity index is 2.69. The van der Waals surface area contributed by atoms with Crippen molar-refractivity contribution in [1.29, 1.82) is 0 Å². The number of hydrogen-bond donors (Lipinski definition) is 1. The second kappa shape index (κ2) is 5.46. The lowest BCUT2D eigenvalue weighted by molar-refractivity contribution is 0.0120. The molecule has 0 saturated carbocycles. The van der Waals surface area contributed by atoms with E-state index in [1.165, 1.54) is 19.2 Å². The Morgan fingerprint density at radius 3 is 2.81 bits per heavy atom. The van der Waals surface area contributed by atoms with E-state index < -0.39 is 11.8 Å². The summed E-state index contributed by atoms with van der Waals surface area (Å²) in [5.41, 5.74) is 5.49. The van der Waals surface area contributed by atoms with Crippen molar-refractivity contribution in [3.05, 3.63) is 29.6 Å². The van der Waals surface area contributed by atoms with Crippen molar-refractivity contribution >= 4 is 11.7 Å². The molecule has 0 aliphatic heterocycles. The van der Waals surface area contributed by atoms with Gasteiger partial charge in [-0.15, -0.1) is 0 Å². The zero-order chi connectivity index (χ0) is 12.1. The highest BCUT2D eigenvalue weighted by Crippen LogP contribution is 2.13. The van der Waals surface area contributed by atoms with Gasteiger partial charge in [0.25, 0.3) is 0 Å². The van der Waals surface area contributed by atoms with Gasteiger partial charge in [0.15, 0.2) is 0 Å². The second-order valence-electron chi connectivity index (χ2n) is 3.41. The predicted octanol–water partition coefficient (Wildman–Crippen LogP) is 1.60. The number of ether oxygens (including phenoxy) is 2. The number of methoxy groups -OCH3 is 1. The number of hydrogen-bond acceptors (Lipinski definition) is 4. The highest BCUT2D eigenvalue weighted by atomic mass is 19.1. The third-order valence-electron chi connectivity index (χ3n) is 1.94. The van der Waals surface area contributed by atoms with Crippen LogP contribution in [0.4, 0.5) is 10.1 Å². The first-order valence-corrected chi connectivity index (χ1v) is 4.79. The Morgan fingerprint density at radius 1 is 1.56 bits per heavy atom. The minimum atomic E-state index is -0.554. The molecule has 0 heterocycles. The van der Waals surface area contributed by atoms with Crippen LogP contribution in [0.5, 0.6) is 0 Å². The molecule has 0 aliphatic rings. The van der Waals surface area contributed by atoms with Gasteiger partial charge >= 0.3 is 5.97 Å². The summed E-state index contributed by atoms with van der Waals surface area (Å²) in [5, 5.41) is 0. The Hall–Kier alpha value is -1.62. The van der Waals surface area contributed by atoms with Gasteiger partial charge < -0.3 is 15.2 Å². The molecule has 1 unspecified atom stereocenters. The van der Waals surface area contributed by atoms with Gasteiger partial charge in [-0.3, -0.25) is 0 Å². The molecule has 0 aliphatic carbocycles. The predicted molar refractivity (Wildman–Crippen MR) is 57.6 cm³/mol. The minimum Gasteiger partial charge on any atom is -0.457 e. The van der Waals surface area contributed by atoms with Crippen LogP contribution in [-0.4, -0.2) is 25.8 Å². The van der Waals surface area contributed by atoms with E-state index in [0.29, 0.717) is 6.61 Å². The maximum atomic E-state index is 12.8. The molecular weight excluding hydrogens is 213 g/mol. The Labute approximate surface area is 93.2 Å². The third kappa shape index (κ3) is 3.20. The van der Waals surface area contributed by atoms with Crippen LogP contribution in [0.15, 0.2) is 18.2 Å². The summed E-state index contributed by atoms with van der Waals surface area (Å²) < 4.78 is 22.7. The summed E-state index contributed by atoms with van der Waals surface area (Å²) in [5.74, 6) is -1.10. The molecule has 88 valence electrons. The molecule has 0 spiro atoms. The molecule has 0 fully saturated rings. The Bertz CT molecular complexity index is 381. The lowest BCUT2D eigenvalue weighted by Gasteiger charge is -2.12. The molecule has 0 bridgehead atoms. The highest BCUT2D eigenvalue weighted by Gasteiger charge is 2.13. The number of rotatable bonds is 4. The molecule has 5 heteroatoms. The van der Waals surface area contributed by atoms with Crippen LogP contribution in [0.2, 0.25) is 0 Å². The van der Waals surface area contributed by atoms with Gasteiger partial charge in [-0.1, -0.05) is 0 Å². The van der Waals surface area contributed by atoms with Crippen molar-refractivity contribution in [2.45, 2.75) is 13.0 Å². The summed E-state index contributed by atoms with van der Waals surface area (Å²) in [4.78, 5) is 11.5. The first-order chi connectivity index (χ1) is 7.54. The monoisotopic (exact) mass is 227 g/mol. The molecule has 1 aromatic rings. The fourth-order valence-corrected chi connectivity index (χ4v) is 1.19. The van der Waals surface area contributed by atoms with Crippen molar-refractivity contribution < 1.29 is 18.7 Å². The summed E-state index contributed by atoms with van der Waals surface area (Å²) in [6.45, 7) is 2.01. The zero-order valence-corrected chi connectivity index (χ0v) is 9.20. The van der Waals surface area contributed by atoms with Crippen molar-refractivity contribution in [3.8, 4) is 0 Å². The number of esters is 1. The number of nitrogens with two attached hydrogens (primary N) is 1. The van der Waals surface area contributed by atoms with E-state index in [1.807, 2.05) is 0 Å². The molecule has 0 amide bonds. The van der Waals surface area contributed by atoms with Crippen molar-refractivity contribution in [2.75, 3.05) is 19.5 Å². The maximum Gasteiger partial charge on any atom is 0.338 e. The molecule has 2 N–H and O–H groups in total. The first-order valence-electron chi connectivity index (χ1n) is 4.79. The molecule has 1 aromatic carbocycles. The topological polar surface area (TPSA) is 61.5 Å². The van der Waals surface area contributed by atoms with Crippen molar-refractivity contribution in [3.63, 3.8) is 0 Å². The van der Waals surface area contributed by atoms with E-state index in [-0.39, 0.29) is 17.4 Å². The fraction of sp³-hybridized carbons (Fsp3) is 0.364. The third-order valence-corrected chi connectivity index (χ3v) is 1.94. The van der Waals surface area contributed by atoms with Gasteiger partial charge in [-0.2, -0.15) is 0 Å². The molecule has 0 aromatic heterocycles. The molecule has 1 rings (SSSR count). The highest BCUT2D eigenvalue weighted by molar-refractivity contribution is 5.90. The van der Waals surface area contributed by atoms with E-state index in [9.17, 15) is 9.18 Å². The van der Waals surface area contributed by atoms with Crippen LogP contribution in [0, 0.1) is 5.82 Å². The summed E-state index contributed by atoms with van der Waals surface area (Å²) >= 11 is 0. The van der Waals surface area contributed by atoms with Crippen molar-refractivity contribution in [1.82, 2.24) is 0 Å². The van der Waals surface area contributed by atoms with Crippen LogP contribution in [-0.2, 0) is 9.47 Å². The summed E-state index contributed by atoms with van der Waals surface area (Å²) in [6, 6.07) is 3.71. The standard InChI is InChI=1S/C11H14FNO3/c1-7(6-15-2)16-11(14)8-3-4-9(12)10(13)5-8/h3-5,7H,6,13H2,1-2H3. The van der Waals surface area contributed by atoms with Gasteiger partial charge in [0.05, 0.1) is 17.9 Å². The van der Waals surface area contributed by atoms with Crippen LogP contribution in [0.1, 0.15) is 17.3 Å². The smallest absolute Gasteiger partial charge is 0.338 e. The van der Waals surface area contributed by atoms with Gasteiger partial charge in [0.2, 0.25) is 0 Å². The number of carbonyl (C=O) groups excluding carboxylic acids is 1. The largest absolute Gasteiger partial charge is 0.457 e. The van der Waals surface area contributed by atoms with E-state index in [1.54, 1.807) is 6.92 Å². The van der Waals surface area contributed by atoms with E-state index >= 15 is 0 Å². The average molecular weight is 227 g/mol. The van der Waals surface area contributed by atoms with Gasteiger partial charge in [-0.25, -0.2) is 9.18 Å². The fourth-order valence-electron chi connectivity index (χ4n) is 1.19. The van der Waals surface area contributed by atoms with E-state index in [4.69, 9.17) is 15.2 Å². The van der Waals surface area contributed by atoms with Gasteiger partial charge in [0, 0.05) is 7.11 Å². The number of anilines is 1. The number of nitrogen functional groups attached to an aromatic ring is 1. The Morgan fingerprint density at radius 2 is 2.25 bits per heavy atom. The lowest BCUT2D eigenvalue weighted by Crippen LogP contribution is -2.19. The summed E-state index contributed by atoms with van der Waals surface area (Å²) in [7, 11) is 1.51. The number of carbonyl (C=O) groups is 1. The second-order valence-corrected chi connectivity index (χ2v) is 3.41. The van der Waals surface area contributed by atoms with Crippen molar-refractivity contribution in [2.24, 2.45) is 0 Å². The van der Waals surface area contributed by atoms with Crippen LogP contribution in [0.3, 0.4) is 0 Å². The van der Waals surface area contributed by atoms with Gasteiger partial charge in [-0.05, 0) is 25.1 Å². The molecule has 0 radical (unpaired) electrons. The zero-order valence-electron chi connectivity index (χ0n) is 9.20.